The smallest absolute Gasteiger partial charge is 0.336 e. The number of carbonyl (C=O) groups excluding carboxylic acids is 1. The highest BCUT2D eigenvalue weighted by Crippen LogP contribution is 2.33. The fourth-order valence-corrected chi connectivity index (χ4v) is 5.32. The molecule has 0 bridgehead atoms. The fourth-order valence-electron chi connectivity index (χ4n) is 4.13. The minimum atomic E-state index is -3.96. The normalized spacial score (nSPS) is 12.6. The monoisotopic (exact) mass is 519 g/mol. The Bertz CT molecular complexity index is 1590. The van der Waals surface area contributed by atoms with Gasteiger partial charge in [0.1, 0.15) is 17.4 Å². The number of fused-ring (bicyclic) bond motifs is 1. The van der Waals surface area contributed by atoms with Crippen LogP contribution in [0.3, 0.4) is 0 Å². The largest absolute Gasteiger partial charge is 0.425 e. The maximum atomic E-state index is 13.2. The maximum absolute atomic E-state index is 13.2. The van der Waals surface area contributed by atoms with Crippen molar-refractivity contribution in [2.75, 3.05) is 0 Å². The summed E-state index contributed by atoms with van der Waals surface area (Å²) in [6.45, 7) is 7.33. The van der Waals surface area contributed by atoms with Crippen LogP contribution in [-0.2, 0) is 14.8 Å². The summed E-state index contributed by atoms with van der Waals surface area (Å²) in [6.07, 6.45) is 0.240. The molecule has 0 unspecified atom stereocenters. The molecule has 3 aromatic carbocycles. The zero-order valence-electron chi connectivity index (χ0n) is 21.1. The number of ether oxygens (including phenoxy) is 1. The van der Waals surface area contributed by atoms with Crippen LogP contribution in [0.5, 0.6) is 5.75 Å². The van der Waals surface area contributed by atoms with E-state index in [1.165, 1.54) is 18.2 Å². The lowest BCUT2D eigenvalue weighted by molar-refractivity contribution is -0.136. The third kappa shape index (κ3) is 5.98. The Labute approximate surface area is 216 Å². The van der Waals surface area contributed by atoms with E-state index in [0.29, 0.717) is 22.1 Å². The van der Waals surface area contributed by atoms with Crippen molar-refractivity contribution in [3.63, 3.8) is 0 Å². The molecule has 0 saturated carbocycles. The van der Waals surface area contributed by atoms with Gasteiger partial charge in [-0.25, -0.2) is 18.0 Å². The van der Waals surface area contributed by atoms with Crippen LogP contribution < -0.4 is 15.1 Å². The molecule has 1 N–H and O–H groups in total. The van der Waals surface area contributed by atoms with Crippen molar-refractivity contribution in [1.82, 2.24) is 4.72 Å². The first kappa shape index (κ1) is 26.3. The van der Waals surface area contributed by atoms with Crippen molar-refractivity contribution in [1.29, 1.82) is 0 Å². The Kier molecular flexibility index (Phi) is 7.61. The summed E-state index contributed by atoms with van der Waals surface area (Å²) in [5, 5.41) is 0.696. The highest BCUT2D eigenvalue weighted by molar-refractivity contribution is 7.89. The van der Waals surface area contributed by atoms with E-state index in [-0.39, 0.29) is 23.0 Å². The number of sulfonamides is 1. The standard InChI is InChI=1S/C29H29NO6S/c1-18(2)16-25(30-37(33,34)22-12-10-19(3)11-13-22)29(32)35-26-15-14-23-24(21-8-6-5-7-9-21)17-27(31)36-28(23)20(26)4/h5-15,17-18,25,30H,16H2,1-4H3/t25-/m1/s1. The Hall–Kier alpha value is -3.75. The number of hydrogen-bond acceptors (Lipinski definition) is 6. The quantitative estimate of drug-likeness (QED) is 0.191. The van der Waals surface area contributed by atoms with Crippen molar-refractivity contribution < 1.29 is 22.4 Å². The lowest BCUT2D eigenvalue weighted by atomic mass is 10.00. The molecule has 4 rings (SSSR count). The van der Waals surface area contributed by atoms with E-state index in [0.717, 1.165) is 11.1 Å². The van der Waals surface area contributed by atoms with Crippen LogP contribution in [0.1, 0.15) is 31.4 Å². The first-order valence-electron chi connectivity index (χ1n) is 12.0. The molecule has 1 atom stereocenters. The highest BCUT2D eigenvalue weighted by Gasteiger charge is 2.29. The molecule has 0 aliphatic carbocycles. The minimum absolute atomic E-state index is 0.0161. The molecule has 37 heavy (non-hydrogen) atoms. The molecule has 0 saturated heterocycles. The second-order valence-corrected chi connectivity index (χ2v) is 11.2. The van der Waals surface area contributed by atoms with Gasteiger partial charge in [0, 0.05) is 17.0 Å². The maximum Gasteiger partial charge on any atom is 0.336 e. The van der Waals surface area contributed by atoms with Gasteiger partial charge < -0.3 is 9.15 Å². The zero-order valence-corrected chi connectivity index (χ0v) is 22.0. The fraction of sp³-hybridized carbons (Fsp3) is 0.241. The van der Waals surface area contributed by atoms with Crippen LogP contribution in [-0.4, -0.2) is 20.4 Å². The van der Waals surface area contributed by atoms with Crippen molar-refractivity contribution in [2.24, 2.45) is 5.92 Å². The number of esters is 1. The molecule has 4 aromatic rings. The van der Waals surface area contributed by atoms with E-state index in [4.69, 9.17) is 9.15 Å². The zero-order chi connectivity index (χ0) is 26.7. The van der Waals surface area contributed by atoms with Gasteiger partial charge in [0.2, 0.25) is 10.0 Å². The number of aryl methyl sites for hydroxylation is 2. The van der Waals surface area contributed by atoms with Crippen molar-refractivity contribution in [3.05, 3.63) is 94.3 Å². The molecule has 0 spiro atoms. The van der Waals surface area contributed by atoms with Crippen LogP contribution in [0.15, 0.2) is 86.9 Å². The van der Waals surface area contributed by atoms with E-state index < -0.39 is 27.7 Å². The lowest BCUT2D eigenvalue weighted by Crippen LogP contribution is -2.43. The van der Waals surface area contributed by atoms with Crippen LogP contribution >= 0.6 is 0 Å². The topological polar surface area (TPSA) is 103 Å². The molecule has 8 heteroatoms. The van der Waals surface area contributed by atoms with E-state index >= 15 is 0 Å². The average Bonchev–Trinajstić information content (AvgIpc) is 2.85. The number of carbonyl (C=O) groups is 1. The second-order valence-electron chi connectivity index (χ2n) is 9.45. The molecular weight excluding hydrogens is 490 g/mol. The first-order valence-corrected chi connectivity index (χ1v) is 13.5. The van der Waals surface area contributed by atoms with Gasteiger partial charge in [0.25, 0.3) is 0 Å². The molecule has 192 valence electrons. The van der Waals surface area contributed by atoms with Crippen LogP contribution in [0.4, 0.5) is 0 Å². The Balaban J connectivity index is 1.66. The molecule has 7 nitrogen and oxygen atoms in total. The summed E-state index contributed by atoms with van der Waals surface area (Å²) < 4.78 is 39.6. The van der Waals surface area contributed by atoms with Gasteiger partial charge in [-0.3, -0.25) is 0 Å². The van der Waals surface area contributed by atoms with Crippen molar-refractivity contribution >= 4 is 27.0 Å². The summed E-state index contributed by atoms with van der Waals surface area (Å²) in [4.78, 5) is 25.6. The molecule has 0 aliphatic rings. The molecule has 0 aliphatic heterocycles. The predicted molar refractivity (Wildman–Crippen MR) is 143 cm³/mol. The van der Waals surface area contributed by atoms with Gasteiger partial charge in [-0.2, -0.15) is 4.72 Å². The molecular formula is C29H29NO6S. The highest BCUT2D eigenvalue weighted by atomic mass is 32.2. The summed E-state index contributed by atoms with van der Waals surface area (Å²) >= 11 is 0. The number of benzene rings is 3. The predicted octanol–water partition coefficient (Wildman–Crippen LogP) is 5.38. The van der Waals surface area contributed by atoms with E-state index in [1.807, 2.05) is 51.1 Å². The summed E-state index contributed by atoms with van der Waals surface area (Å²) in [7, 11) is -3.96. The summed E-state index contributed by atoms with van der Waals surface area (Å²) in [5.74, 6) is -0.537. The Morgan fingerprint density at radius 3 is 2.30 bits per heavy atom. The number of nitrogens with one attached hydrogen (secondary N) is 1. The first-order chi connectivity index (χ1) is 17.5. The van der Waals surface area contributed by atoms with Gasteiger partial charge in [-0.05, 0) is 61.6 Å². The van der Waals surface area contributed by atoms with Crippen molar-refractivity contribution in [2.45, 2.75) is 45.1 Å². The summed E-state index contributed by atoms with van der Waals surface area (Å²) in [6, 6.07) is 19.5. The van der Waals surface area contributed by atoms with Gasteiger partial charge >= 0.3 is 11.6 Å². The second kappa shape index (κ2) is 10.7. The number of rotatable bonds is 8. The van der Waals surface area contributed by atoms with Gasteiger partial charge in [0.05, 0.1) is 4.90 Å². The number of hydrogen-bond donors (Lipinski definition) is 1. The SMILES string of the molecule is Cc1ccc(S(=O)(=O)N[C@H](CC(C)C)C(=O)Oc2ccc3c(-c4ccccc4)cc(=O)oc3c2C)cc1. The third-order valence-electron chi connectivity index (χ3n) is 6.03. The van der Waals surface area contributed by atoms with Gasteiger partial charge in [0.15, 0.2) is 0 Å². The van der Waals surface area contributed by atoms with Crippen LogP contribution in [0.2, 0.25) is 0 Å². The van der Waals surface area contributed by atoms with Crippen LogP contribution in [0.25, 0.3) is 22.1 Å². The minimum Gasteiger partial charge on any atom is -0.425 e. The molecule has 0 fully saturated rings. The third-order valence-corrected chi connectivity index (χ3v) is 7.51. The molecule has 0 radical (unpaired) electrons. The van der Waals surface area contributed by atoms with E-state index in [9.17, 15) is 18.0 Å². The summed E-state index contributed by atoms with van der Waals surface area (Å²) in [5.41, 5.74) is 2.72. The molecule has 0 amide bonds. The Morgan fingerprint density at radius 1 is 0.973 bits per heavy atom. The van der Waals surface area contributed by atoms with Gasteiger partial charge in [-0.15, -0.1) is 0 Å². The van der Waals surface area contributed by atoms with Gasteiger partial charge in [-0.1, -0.05) is 61.9 Å². The molecule has 1 aromatic heterocycles. The lowest BCUT2D eigenvalue weighted by Gasteiger charge is -2.20. The molecule has 1 heterocycles. The van der Waals surface area contributed by atoms with E-state index in [2.05, 4.69) is 4.72 Å². The van der Waals surface area contributed by atoms with E-state index in [1.54, 1.807) is 31.2 Å². The average molecular weight is 520 g/mol. The van der Waals surface area contributed by atoms with Crippen molar-refractivity contribution in [3.8, 4) is 16.9 Å². The van der Waals surface area contributed by atoms with Crippen LogP contribution in [0, 0.1) is 19.8 Å². The Morgan fingerprint density at radius 2 is 1.65 bits per heavy atom.